The van der Waals surface area contributed by atoms with Gasteiger partial charge in [-0.05, 0) is 36.4 Å². The lowest BCUT2D eigenvalue weighted by atomic mass is 10.1. The molecule has 0 radical (unpaired) electrons. The monoisotopic (exact) mass is 382 g/mol. The molecule has 1 aromatic heterocycles. The molecule has 3 rings (SSSR count). The largest absolute Gasteiger partial charge is 0.497 e. The Morgan fingerprint density at radius 1 is 1.14 bits per heavy atom. The molecule has 1 aliphatic rings. The topological polar surface area (TPSA) is 101 Å². The molecule has 1 fully saturated rings. The third kappa shape index (κ3) is 4.64. The van der Waals surface area contributed by atoms with Crippen LogP contribution in [0.2, 0.25) is 0 Å². The van der Waals surface area contributed by atoms with E-state index in [9.17, 15) is 14.4 Å². The van der Waals surface area contributed by atoms with Crippen LogP contribution < -0.4 is 20.3 Å². The number of carbonyl (C=O) groups excluding carboxylic acids is 3. The lowest BCUT2D eigenvalue weighted by Gasteiger charge is -2.17. The molecule has 0 spiro atoms. The second kappa shape index (κ2) is 8.98. The highest BCUT2D eigenvalue weighted by molar-refractivity contribution is 6.00. The zero-order chi connectivity index (χ0) is 19.9. The van der Waals surface area contributed by atoms with Crippen molar-refractivity contribution in [3.05, 3.63) is 54.4 Å². The Bertz CT molecular complexity index is 839. The SMILES string of the molecule is COc1ccc(N2C[C@@H](C(=O)NCCNC(=O)c3ccccn3)CC2=O)cc1. The predicted octanol–water partition coefficient (Wildman–Crippen LogP) is 0.989. The van der Waals surface area contributed by atoms with Crippen LogP contribution in [0.3, 0.4) is 0 Å². The van der Waals surface area contributed by atoms with Crippen molar-refractivity contribution in [2.24, 2.45) is 5.92 Å². The Labute approximate surface area is 162 Å². The van der Waals surface area contributed by atoms with E-state index < -0.39 is 5.92 Å². The van der Waals surface area contributed by atoms with Gasteiger partial charge in [0, 0.05) is 37.9 Å². The van der Waals surface area contributed by atoms with E-state index in [1.54, 1.807) is 60.7 Å². The van der Waals surface area contributed by atoms with E-state index in [-0.39, 0.29) is 37.2 Å². The zero-order valence-electron chi connectivity index (χ0n) is 15.6. The van der Waals surface area contributed by atoms with Gasteiger partial charge in [0.1, 0.15) is 11.4 Å². The highest BCUT2D eigenvalue weighted by atomic mass is 16.5. The van der Waals surface area contributed by atoms with Gasteiger partial charge >= 0.3 is 0 Å². The maximum absolute atomic E-state index is 12.3. The number of hydrogen-bond donors (Lipinski definition) is 2. The average Bonchev–Trinajstić information content (AvgIpc) is 3.13. The van der Waals surface area contributed by atoms with Crippen molar-refractivity contribution in [1.29, 1.82) is 0 Å². The predicted molar refractivity (Wildman–Crippen MR) is 103 cm³/mol. The molecule has 1 aromatic carbocycles. The number of hydrogen-bond acceptors (Lipinski definition) is 5. The molecular weight excluding hydrogens is 360 g/mol. The Hall–Kier alpha value is -3.42. The first-order valence-corrected chi connectivity index (χ1v) is 9.00. The van der Waals surface area contributed by atoms with Gasteiger partial charge in [-0.15, -0.1) is 0 Å². The van der Waals surface area contributed by atoms with E-state index in [2.05, 4.69) is 15.6 Å². The van der Waals surface area contributed by atoms with Gasteiger partial charge in [-0.2, -0.15) is 0 Å². The smallest absolute Gasteiger partial charge is 0.269 e. The Morgan fingerprint density at radius 3 is 2.57 bits per heavy atom. The fraction of sp³-hybridized carbons (Fsp3) is 0.300. The first-order chi connectivity index (χ1) is 13.6. The van der Waals surface area contributed by atoms with Gasteiger partial charge in [0.15, 0.2) is 0 Å². The van der Waals surface area contributed by atoms with Gasteiger partial charge in [-0.1, -0.05) is 6.07 Å². The Kier molecular flexibility index (Phi) is 6.21. The van der Waals surface area contributed by atoms with E-state index in [0.29, 0.717) is 18.0 Å². The lowest BCUT2D eigenvalue weighted by molar-refractivity contribution is -0.126. The molecule has 28 heavy (non-hydrogen) atoms. The number of anilines is 1. The summed E-state index contributed by atoms with van der Waals surface area (Å²) in [4.78, 5) is 42.1. The summed E-state index contributed by atoms with van der Waals surface area (Å²) in [6, 6.07) is 12.2. The number of nitrogens with one attached hydrogen (secondary N) is 2. The number of methoxy groups -OCH3 is 1. The number of benzene rings is 1. The second-order valence-corrected chi connectivity index (χ2v) is 6.37. The fourth-order valence-corrected chi connectivity index (χ4v) is 2.99. The maximum Gasteiger partial charge on any atom is 0.269 e. The first-order valence-electron chi connectivity index (χ1n) is 9.00. The normalized spacial score (nSPS) is 16.0. The van der Waals surface area contributed by atoms with Crippen molar-refractivity contribution in [3.8, 4) is 5.75 Å². The van der Waals surface area contributed by atoms with E-state index in [0.717, 1.165) is 5.69 Å². The quantitative estimate of drug-likeness (QED) is 0.696. The van der Waals surface area contributed by atoms with E-state index in [4.69, 9.17) is 4.74 Å². The third-order valence-electron chi connectivity index (χ3n) is 4.49. The van der Waals surface area contributed by atoms with Crippen LogP contribution in [0.25, 0.3) is 0 Å². The number of aromatic nitrogens is 1. The Balaban J connectivity index is 1.44. The molecule has 8 heteroatoms. The molecule has 2 heterocycles. The second-order valence-electron chi connectivity index (χ2n) is 6.37. The molecule has 3 amide bonds. The molecule has 0 unspecified atom stereocenters. The van der Waals surface area contributed by atoms with Crippen molar-refractivity contribution < 1.29 is 19.1 Å². The summed E-state index contributed by atoms with van der Waals surface area (Å²) in [6.45, 7) is 0.895. The molecule has 0 saturated carbocycles. The molecule has 2 aromatic rings. The van der Waals surface area contributed by atoms with Crippen LogP contribution >= 0.6 is 0 Å². The molecule has 146 valence electrons. The number of ether oxygens (including phenoxy) is 1. The fourth-order valence-electron chi connectivity index (χ4n) is 2.99. The molecule has 1 atom stereocenters. The summed E-state index contributed by atoms with van der Waals surface area (Å²) in [5.41, 5.74) is 1.06. The molecule has 0 bridgehead atoms. The summed E-state index contributed by atoms with van der Waals surface area (Å²) in [5.74, 6) is -0.291. The van der Waals surface area contributed by atoms with Crippen LogP contribution in [0.15, 0.2) is 48.7 Å². The Morgan fingerprint density at radius 2 is 1.89 bits per heavy atom. The van der Waals surface area contributed by atoms with E-state index in [1.165, 1.54) is 0 Å². The van der Waals surface area contributed by atoms with Crippen LogP contribution in [0.4, 0.5) is 5.69 Å². The number of pyridine rings is 1. The zero-order valence-corrected chi connectivity index (χ0v) is 15.6. The summed E-state index contributed by atoms with van der Waals surface area (Å²) in [7, 11) is 1.58. The van der Waals surface area contributed by atoms with Crippen LogP contribution in [0.1, 0.15) is 16.9 Å². The first kappa shape index (κ1) is 19.3. The standard InChI is InChI=1S/C20H22N4O4/c1-28-16-7-5-15(6-8-16)24-13-14(12-18(24)25)19(26)22-10-11-23-20(27)17-4-2-3-9-21-17/h2-9,14H,10-13H2,1H3,(H,22,26)(H,23,27)/t14-/m0/s1. The van der Waals surface area contributed by atoms with Gasteiger partial charge in [0.05, 0.1) is 13.0 Å². The van der Waals surface area contributed by atoms with Crippen molar-refractivity contribution in [2.75, 3.05) is 31.6 Å². The lowest BCUT2D eigenvalue weighted by Crippen LogP contribution is -2.38. The van der Waals surface area contributed by atoms with Gasteiger partial charge in [0.25, 0.3) is 5.91 Å². The van der Waals surface area contributed by atoms with E-state index >= 15 is 0 Å². The molecular formula is C20H22N4O4. The number of rotatable bonds is 7. The highest BCUT2D eigenvalue weighted by Gasteiger charge is 2.34. The number of amides is 3. The number of carbonyl (C=O) groups is 3. The third-order valence-corrected chi connectivity index (χ3v) is 4.49. The maximum atomic E-state index is 12.3. The average molecular weight is 382 g/mol. The van der Waals surface area contributed by atoms with Gasteiger partial charge in [0.2, 0.25) is 11.8 Å². The minimum atomic E-state index is -0.416. The van der Waals surface area contributed by atoms with E-state index in [1.807, 2.05) is 0 Å². The van der Waals surface area contributed by atoms with Gasteiger partial charge < -0.3 is 20.3 Å². The van der Waals surface area contributed by atoms with Crippen molar-refractivity contribution in [2.45, 2.75) is 6.42 Å². The van der Waals surface area contributed by atoms with Crippen LogP contribution in [0, 0.1) is 5.92 Å². The van der Waals surface area contributed by atoms with Crippen LogP contribution in [-0.4, -0.2) is 49.4 Å². The van der Waals surface area contributed by atoms with Gasteiger partial charge in [-0.3, -0.25) is 19.4 Å². The summed E-state index contributed by atoms with van der Waals surface area (Å²) in [6.07, 6.45) is 1.71. The van der Waals surface area contributed by atoms with Gasteiger partial charge in [-0.25, -0.2) is 0 Å². The summed E-state index contributed by atoms with van der Waals surface area (Å²) < 4.78 is 5.12. The van der Waals surface area contributed by atoms with Crippen LogP contribution in [0.5, 0.6) is 5.75 Å². The highest BCUT2D eigenvalue weighted by Crippen LogP contribution is 2.26. The van der Waals surface area contributed by atoms with Crippen molar-refractivity contribution in [1.82, 2.24) is 15.6 Å². The van der Waals surface area contributed by atoms with Crippen molar-refractivity contribution in [3.63, 3.8) is 0 Å². The summed E-state index contributed by atoms with van der Waals surface area (Å²) in [5, 5.41) is 5.46. The molecule has 1 aliphatic heterocycles. The molecule has 0 aliphatic carbocycles. The minimum absolute atomic E-state index is 0.0891. The summed E-state index contributed by atoms with van der Waals surface area (Å²) >= 11 is 0. The minimum Gasteiger partial charge on any atom is -0.497 e. The van der Waals surface area contributed by atoms with Crippen molar-refractivity contribution >= 4 is 23.4 Å². The van der Waals surface area contributed by atoms with Crippen LogP contribution in [-0.2, 0) is 9.59 Å². The molecule has 1 saturated heterocycles. The molecule has 2 N–H and O–H groups in total. The molecule has 8 nitrogen and oxygen atoms in total. The number of nitrogens with zero attached hydrogens (tertiary/aromatic N) is 2.